The Hall–Kier alpha value is -2.35. The summed E-state index contributed by atoms with van der Waals surface area (Å²) >= 11 is 0. The maximum Gasteiger partial charge on any atom is 0.416 e. The third-order valence-corrected chi connectivity index (χ3v) is 5.16. The Balaban J connectivity index is 1.88. The lowest BCUT2D eigenvalue weighted by Crippen LogP contribution is -2.40. The highest BCUT2D eigenvalue weighted by molar-refractivity contribution is 5.80. The second-order valence-corrected chi connectivity index (χ2v) is 6.90. The van der Waals surface area contributed by atoms with Crippen LogP contribution in [0.15, 0.2) is 24.3 Å². The number of nitrogens with zero attached hydrogens (tertiary/aromatic N) is 3. The van der Waals surface area contributed by atoms with Crippen LogP contribution in [0, 0.1) is 13.8 Å². The monoisotopic (exact) mass is 380 g/mol. The van der Waals surface area contributed by atoms with Crippen molar-refractivity contribution < 1.29 is 18.0 Å². The van der Waals surface area contributed by atoms with Crippen molar-refractivity contribution in [3.8, 4) is 5.69 Å². The van der Waals surface area contributed by atoms with E-state index in [2.05, 4.69) is 5.10 Å². The quantitative estimate of drug-likeness (QED) is 0.887. The van der Waals surface area contributed by atoms with Gasteiger partial charge in [0.2, 0.25) is 5.91 Å². The van der Waals surface area contributed by atoms with Crippen molar-refractivity contribution in [3.05, 3.63) is 46.8 Å². The zero-order chi connectivity index (χ0) is 19.8. The van der Waals surface area contributed by atoms with E-state index in [1.165, 1.54) is 10.7 Å². The third-order valence-electron chi connectivity index (χ3n) is 5.16. The molecule has 1 amide bonds. The first-order chi connectivity index (χ1) is 12.7. The number of benzene rings is 1. The predicted molar refractivity (Wildman–Crippen MR) is 95.5 cm³/mol. The van der Waals surface area contributed by atoms with E-state index >= 15 is 0 Å². The molecule has 1 aliphatic rings. The number of halogens is 3. The summed E-state index contributed by atoms with van der Waals surface area (Å²) in [7, 11) is 0. The van der Waals surface area contributed by atoms with Gasteiger partial charge in [-0.1, -0.05) is 6.07 Å². The fraction of sp³-hybridized carbons (Fsp3) is 0.474. The normalized spacial score (nSPS) is 17.6. The Morgan fingerprint density at radius 2 is 2.07 bits per heavy atom. The van der Waals surface area contributed by atoms with E-state index < -0.39 is 11.7 Å². The SMILES string of the molecule is Cc1nn(-c2cccc(C(F)(F)F)c2)c(C)c1CC(=O)N1CCC[C@@H]1CN. The van der Waals surface area contributed by atoms with Gasteiger partial charge < -0.3 is 10.6 Å². The lowest BCUT2D eigenvalue weighted by atomic mass is 10.1. The first kappa shape index (κ1) is 19.4. The van der Waals surface area contributed by atoms with Crippen molar-refractivity contribution in [1.82, 2.24) is 14.7 Å². The summed E-state index contributed by atoms with van der Waals surface area (Å²) in [4.78, 5) is 14.5. The van der Waals surface area contributed by atoms with E-state index in [1.807, 2.05) is 0 Å². The summed E-state index contributed by atoms with van der Waals surface area (Å²) in [6.07, 6.45) is -2.40. The Morgan fingerprint density at radius 1 is 1.33 bits per heavy atom. The van der Waals surface area contributed by atoms with Crippen molar-refractivity contribution in [1.29, 1.82) is 0 Å². The molecule has 27 heavy (non-hydrogen) atoms. The van der Waals surface area contributed by atoms with Gasteiger partial charge >= 0.3 is 6.18 Å². The molecule has 2 aromatic rings. The van der Waals surface area contributed by atoms with Gasteiger partial charge in [0.05, 0.1) is 23.4 Å². The van der Waals surface area contributed by atoms with Crippen LogP contribution in [-0.4, -0.2) is 39.7 Å². The van der Waals surface area contributed by atoms with Crippen molar-refractivity contribution in [2.45, 2.75) is 45.3 Å². The van der Waals surface area contributed by atoms with Gasteiger partial charge in [-0.3, -0.25) is 4.79 Å². The molecule has 5 nitrogen and oxygen atoms in total. The number of rotatable bonds is 4. The van der Waals surface area contributed by atoms with Crippen LogP contribution in [0.4, 0.5) is 13.2 Å². The molecule has 1 aromatic carbocycles. The molecular weight excluding hydrogens is 357 g/mol. The number of nitrogens with two attached hydrogens (primary N) is 1. The lowest BCUT2D eigenvalue weighted by molar-refractivity contribution is -0.137. The number of alkyl halides is 3. The molecule has 1 atom stereocenters. The minimum Gasteiger partial charge on any atom is -0.338 e. The number of carbonyl (C=O) groups is 1. The number of carbonyl (C=O) groups excluding carboxylic acids is 1. The smallest absolute Gasteiger partial charge is 0.338 e. The van der Waals surface area contributed by atoms with E-state index in [9.17, 15) is 18.0 Å². The van der Waals surface area contributed by atoms with Crippen LogP contribution in [0.2, 0.25) is 0 Å². The number of aromatic nitrogens is 2. The largest absolute Gasteiger partial charge is 0.416 e. The van der Waals surface area contributed by atoms with Crippen molar-refractivity contribution >= 4 is 5.91 Å². The molecule has 2 heterocycles. The fourth-order valence-electron chi connectivity index (χ4n) is 3.66. The zero-order valence-electron chi connectivity index (χ0n) is 15.4. The highest BCUT2D eigenvalue weighted by Crippen LogP contribution is 2.31. The second-order valence-electron chi connectivity index (χ2n) is 6.90. The number of likely N-dealkylation sites (tertiary alicyclic amines) is 1. The molecule has 0 radical (unpaired) electrons. The molecular formula is C19H23F3N4O. The van der Waals surface area contributed by atoms with Crippen LogP contribution < -0.4 is 5.73 Å². The predicted octanol–water partition coefficient (Wildman–Crippen LogP) is 3.00. The van der Waals surface area contributed by atoms with Gasteiger partial charge in [0, 0.05) is 30.4 Å². The molecule has 3 rings (SSSR count). The summed E-state index contributed by atoms with van der Waals surface area (Å²) in [5.41, 5.74) is 7.40. The van der Waals surface area contributed by atoms with Crippen LogP contribution in [0.25, 0.3) is 5.69 Å². The van der Waals surface area contributed by atoms with E-state index in [0.29, 0.717) is 30.2 Å². The topological polar surface area (TPSA) is 64.2 Å². The Labute approximate surface area is 155 Å². The second kappa shape index (κ2) is 7.34. The van der Waals surface area contributed by atoms with Crippen LogP contribution >= 0.6 is 0 Å². The molecule has 0 spiro atoms. The number of hydrogen-bond donors (Lipinski definition) is 1. The van der Waals surface area contributed by atoms with Crippen LogP contribution in [0.3, 0.4) is 0 Å². The minimum absolute atomic E-state index is 0.0160. The van der Waals surface area contributed by atoms with Crippen LogP contribution in [0.1, 0.15) is 35.4 Å². The van der Waals surface area contributed by atoms with Gasteiger partial charge in [0.15, 0.2) is 0 Å². The van der Waals surface area contributed by atoms with E-state index in [4.69, 9.17) is 5.73 Å². The highest BCUT2D eigenvalue weighted by Gasteiger charge is 2.31. The van der Waals surface area contributed by atoms with Crippen molar-refractivity contribution in [2.24, 2.45) is 5.73 Å². The first-order valence-electron chi connectivity index (χ1n) is 8.94. The van der Waals surface area contributed by atoms with Gasteiger partial charge in [-0.2, -0.15) is 18.3 Å². The van der Waals surface area contributed by atoms with Gasteiger partial charge in [-0.15, -0.1) is 0 Å². The Morgan fingerprint density at radius 3 is 2.74 bits per heavy atom. The molecule has 2 N–H and O–H groups in total. The number of amides is 1. The molecule has 0 unspecified atom stereocenters. The number of hydrogen-bond acceptors (Lipinski definition) is 3. The molecule has 8 heteroatoms. The van der Waals surface area contributed by atoms with Crippen molar-refractivity contribution in [3.63, 3.8) is 0 Å². The van der Waals surface area contributed by atoms with Gasteiger partial charge in [-0.05, 0) is 44.9 Å². The van der Waals surface area contributed by atoms with Crippen LogP contribution in [-0.2, 0) is 17.4 Å². The van der Waals surface area contributed by atoms with Crippen LogP contribution in [0.5, 0.6) is 0 Å². The van der Waals surface area contributed by atoms with Gasteiger partial charge in [-0.25, -0.2) is 4.68 Å². The molecule has 146 valence electrons. The molecule has 0 saturated carbocycles. The molecule has 1 saturated heterocycles. The Kier molecular flexibility index (Phi) is 5.28. The van der Waals surface area contributed by atoms with E-state index in [-0.39, 0.29) is 18.4 Å². The molecule has 1 fully saturated rings. The molecule has 1 aliphatic heterocycles. The lowest BCUT2D eigenvalue weighted by Gasteiger charge is -2.23. The molecule has 0 bridgehead atoms. The maximum absolute atomic E-state index is 13.0. The summed E-state index contributed by atoms with van der Waals surface area (Å²) in [5.74, 6) is -0.0160. The average molecular weight is 380 g/mol. The first-order valence-corrected chi connectivity index (χ1v) is 8.94. The third kappa shape index (κ3) is 3.85. The summed E-state index contributed by atoms with van der Waals surface area (Å²) in [6.45, 7) is 4.67. The van der Waals surface area contributed by atoms with Gasteiger partial charge in [0.1, 0.15) is 0 Å². The summed E-state index contributed by atoms with van der Waals surface area (Å²) in [6, 6.07) is 5.09. The maximum atomic E-state index is 13.0. The standard InChI is InChI=1S/C19H23F3N4O/c1-12-17(10-18(27)25-8-4-7-16(25)11-23)13(2)26(24-12)15-6-3-5-14(9-15)19(20,21)22/h3,5-6,9,16H,4,7-8,10-11,23H2,1-2H3/t16-/m1/s1. The fourth-order valence-corrected chi connectivity index (χ4v) is 3.66. The summed E-state index contributed by atoms with van der Waals surface area (Å²) < 4.78 is 40.5. The minimum atomic E-state index is -4.42. The molecule has 0 aliphatic carbocycles. The highest BCUT2D eigenvalue weighted by atomic mass is 19.4. The summed E-state index contributed by atoms with van der Waals surface area (Å²) in [5, 5.41) is 4.38. The van der Waals surface area contributed by atoms with Crippen molar-refractivity contribution in [2.75, 3.05) is 13.1 Å². The van der Waals surface area contributed by atoms with Gasteiger partial charge in [0.25, 0.3) is 0 Å². The molecule has 1 aromatic heterocycles. The average Bonchev–Trinajstić information content (AvgIpc) is 3.21. The van der Waals surface area contributed by atoms with E-state index in [0.717, 1.165) is 30.5 Å². The Bertz CT molecular complexity index is 844. The van der Waals surface area contributed by atoms with E-state index in [1.54, 1.807) is 24.8 Å². The zero-order valence-corrected chi connectivity index (χ0v) is 15.4. The number of aryl methyl sites for hydroxylation is 1.